The Balaban J connectivity index is 2.23. The Morgan fingerprint density at radius 1 is 1.53 bits per heavy atom. The molecule has 1 aromatic heterocycles. The maximum Gasteiger partial charge on any atom is 0.226 e. The van der Waals surface area contributed by atoms with Gasteiger partial charge in [0.25, 0.3) is 0 Å². The Kier molecular flexibility index (Phi) is 3.83. The predicted octanol–water partition coefficient (Wildman–Crippen LogP) is 1.49. The minimum absolute atomic E-state index is 0.556. The summed E-state index contributed by atoms with van der Waals surface area (Å²) in [7, 11) is 4.24. The number of rotatable bonds is 4. The first-order valence-electron chi connectivity index (χ1n) is 6.20. The number of aromatic amines is 1. The van der Waals surface area contributed by atoms with E-state index in [1.807, 2.05) is 0 Å². The molecule has 1 atom stereocenters. The van der Waals surface area contributed by atoms with E-state index in [1.165, 1.54) is 12.8 Å². The van der Waals surface area contributed by atoms with Gasteiger partial charge in [-0.1, -0.05) is 0 Å². The first-order valence-corrected chi connectivity index (χ1v) is 6.61. The van der Waals surface area contributed by atoms with Gasteiger partial charge in [-0.15, -0.1) is 5.10 Å². The molecule has 17 heavy (non-hydrogen) atoms. The molecule has 1 aromatic rings. The number of H-pyrrole nitrogens is 1. The summed E-state index contributed by atoms with van der Waals surface area (Å²) in [4.78, 5) is 4.62. The van der Waals surface area contributed by atoms with Crippen LogP contribution in [-0.4, -0.2) is 52.9 Å². The molecule has 0 amide bonds. The molecule has 5 nitrogen and oxygen atoms in total. The standard InChI is InChI=1S/C11H21N5S/c1-4-15-10(12-13-11(15)17)16-7-5-6-9(16)8-14(2)3/h9H,4-8H2,1-3H3,(H,13,17). The summed E-state index contributed by atoms with van der Waals surface area (Å²) in [5.41, 5.74) is 0. The topological polar surface area (TPSA) is 40.1 Å². The molecule has 0 aromatic carbocycles. The van der Waals surface area contributed by atoms with Gasteiger partial charge in [-0.25, -0.2) is 5.10 Å². The number of aromatic nitrogens is 3. The van der Waals surface area contributed by atoms with Crippen molar-refractivity contribution in [3.8, 4) is 0 Å². The van der Waals surface area contributed by atoms with E-state index in [4.69, 9.17) is 12.2 Å². The molecule has 0 aliphatic carbocycles. The van der Waals surface area contributed by atoms with Crippen LogP contribution in [0.1, 0.15) is 19.8 Å². The maximum atomic E-state index is 5.24. The van der Waals surface area contributed by atoms with Crippen LogP contribution in [0.3, 0.4) is 0 Å². The van der Waals surface area contributed by atoms with Gasteiger partial charge < -0.3 is 9.80 Å². The summed E-state index contributed by atoms with van der Waals surface area (Å²) in [5.74, 6) is 1.00. The molecule has 1 N–H and O–H groups in total. The lowest BCUT2D eigenvalue weighted by Gasteiger charge is -2.27. The summed E-state index contributed by atoms with van der Waals surface area (Å²) in [6.45, 7) is 5.13. The zero-order valence-corrected chi connectivity index (χ0v) is 11.6. The van der Waals surface area contributed by atoms with E-state index < -0.39 is 0 Å². The van der Waals surface area contributed by atoms with Crippen molar-refractivity contribution in [3.05, 3.63) is 4.77 Å². The molecule has 6 heteroatoms. The molecule has 0 radical (unpaired) electrons. The van der Waals surface area contributed by atoms with Gasteiger partial charge in [-0.05, 0) is 46.1 Å². The monoisotopic (exact) mass is 255 g/mol. The maximum absolute atomic E-state index is 5.24. The van der Waals surface area contributed by atoms with Crippen molar-refractivity contribution in [1.82, 2.24) is 19.7 Å². The summed E-state index contributed by atoms with van der Waals surface area (Å²) in [6, 6.07) is 0.556. The van der Waals surface area contributed by atoms with E-state index in [9.17, 15) is 0 Å². The zero-order valence-electron chi connectivity index (χ0n) is 10.8. The van der Waals surface area contributed by atoms with E-state index in [0.717, 1.165) is 30.4 Å². The zero-order chi connectivity index (χ0) is 12.4. The Bertz CT molecular complexity index is 422. The molecular weight excluding hydrogens is 234 g/mol. The highest BCUT2D eigenvalue weighted by Gasteiger charge is 2.28. The van der Waals surface area contributed by atoms with Crippen LogP contribution in [0.4, 0.5) is 5.95 Å². The van der Waals surface area contributed by atoms with Crippen molar-refractivity contribution in [3.63, 3.8) is 0 Å². The van der Waals surface area contributed by atoms with Crippen molar-refractivity contribution in [2.45, 2.75) is 32.4 Å². The van der Waals surface area contributed by atoms with E-state index in [-0.39, 0.29) is 0 Å². The third-order valence-electron chi connectivity index (χ3n) is 3.26. The molecule has 1 saturated heterocycles. The Hall–Kier alpha value is -0.880. The lowest BCUT2D eigenvalue weighted by atomic mass is 10.2. The molecule has 2 rings (SSSR count). The van der Waals surface area contributed by atoms with Crippen LogP contribution in [0.25, 0.3) is 0 Å². The van der Waals surface area contributed by atoms with Crippen molar-refractivity contribution in [1.29, 1.82) is 0 Å². The van der Waals surface area contributed by atoms with Crippen LogP contribution in [0, 0.1) is 4.77 Å². The fourth-order valence-electron chi connectivity index (χ4n) is 2.52. The van der Waals surface area contributed by atoms with Gasteiger partial charge in [0.2, 0.25) is 5.95 Å². The van der Waals surface area contributed by atoms with Crippen LogP contribution in [0.5, 0.6) is 0 Å². The number of anilines is 1. The average Bonchev–Trinajstić information content (AvgIpc) is 2.83. The molecule has 1 unspecified atom stereocenters. The summed E-state index contributed by atoms with van der Waals surface area (Å²) >= 11 is 5.24. The van der Waals surface area contributed by atoms with Gasteiger partial charge in [-0.3, -0.25) is 4.57 Å². The number of hydrogen-bond donors (Lipinski definition) is 1. The van der Waals surface area contributed by atoms with Gasteiger partial charge in [0.15, 0.2) is 4.77 Å². The lowest BCUT2D eigenvalue weighted by Crippen LogP contribution is -2.39. The lowest BCUT2D eigenvalue weighted by molar-refractivity contribution is 0.370. The quantitative estimate of drug-likeness (QED) is 0.828. The minimum Gasteiger partial charge on any atom is -0.337 e. The molecule has 0 spiro atoms. The second-order valence-electron chi connectivity index (χ2n) is 4.82. The molecular formula is C11H21N5S. The molecule has 1 aliphatic heterocycles. The average molecular weight is 255 g/mol. The van der Waals surface area contributed by atoms with E-state index >= 15 is 0 Å². The fraction of sp³-hybridized carbons (Fsp3) is 0.818. The van der Waals surface area contributed by atoms with Crippen molar-refractivity contribution < 1.29 is 0 Å². The predicted molar refractivity (Wildman–Crippen MR) is 72.0 cm³/mol. The van der Waals surface area contributed by atoms with Gasteiger partial charge in [0.1, 0.15) is 0 Å². The number of likely N-dealkylation sites (N-methyl/N-ethyl adjacent to an activating group) is 1. The normalized spacial score (nSPS) is 20.5. The molecule has 0 saturated carbocycles. The highest BCUT2D eigenvalue weighted by Crippen LogP contribution is 2.24. The molecule has 1 fully saturated rings. The second kappa shape index (κ2) is 5.18. The van der Waals surface area contributed by atoms with Crippen LogP contribution < -0.4 is 4.90 Å². The van der Waals surface area contributed by atoms with Gasteiger partial charge in [0, 0.05) is 25.7 Å². The molecule has 96 valence electrons. The third-order valence-corrected chi connectivity index (χ3v) is 3.58. The summed E-state index contributed by atoms with van der Waals surface area (Å²) < 4.78 is 2.79. The molecule has 0 bridgehead atoms. The Morgan fingerprint density at radius 2 is 2.29 bits per heavy atom. The minimum atomic E-state index is 0.556. The molecule has 2 heterocycles. The Morgan fingerprint density at radius 3 is 2.94 bits per heavy atom. The van der Waals surface area contributed by atoms with Crippen molar-refractivity contribution in [2.75, 3.05) is 32.1 Å². The van der Waals surface area contributed by atoms with Crippen LogP contribution in [0.2, 0.25) is 0 Å². The SMILES string of the molecule is CCn1c(N2CCCC2CN(C)C)n[nH]c1=S. The second-order valence-corrected chi connectivity index (χ2v) is 5.21. The van der Waals surface area contributed by atoms with Crippen LogP contribution in [0.15, 0.2) is 0 Å². The van der Waals surface area contributed by atoms with Gasteiger partial charge >= 0.3 is 0 Å². The van der Waals surface area contributed by atoms with E-state index in [2.05, 4.69) is 45.6 Å². The van der Waals surface area contributed by atoms with E-state index in [1.54, 1.807) is 0 Å². The first kappa shape index (κ1) is 12.6. The number of nitrogens with one attached hydrogen (secondary N) is 1. The highest BCUT2D eigenvalue weighted by molar-refractivity contribution is 7.71. The van der Waals surface area contributed by atoms with Crippen LogP contribution in [-0.2, 0) is 6.54 Å². The van der Waals surface area contributed by atoms with Crippen LogP contribution >= 0.6 is 12.2 Å². The molecule has 1 aliphatic rings. The number of nitrogens with zero attached hydrogens (tertiary/aromatic N) is 4. The van der Waals surface area contributed by atoms with Gasteiger partial charge in [-0.2, -0.15) is 0 Å². The van der Waals surface area contributed by atoms with Crippen molar-refractivity contribution in [2.24, 2.45) is 0 Å². The number of hydrogen-bond acceptors (Lipinski definition) is 4. The largest absolute Gasteiger partial charge is 0.337 e. The summed E-state index contributed by atoms with van der Waals surface area (Å²) in [5, 5.41) is 7.28. The van der Waals surface area contributed by atoms with Crippen molar-refractivity contribution >= 4 is 18.2 Å². The fourth-order valence-corrected chi connectivity index (χ4v) is 2.78. The first-order chi connectivity index (χ1) is 8.13. The van der Waals surface area contributed by atoms with E-state index in [0.29, 0.717) is 6.04 Å². The third kappa shape index (κ3) is 2.52. The smallest absolute Gasteiger partial charge is 0.226 e. The Labute approximate surface area is 107 Å². The van der Waals surface area contributed by atoms with Gasteiger partial charge in [0.05, 0.1) is 0 Å². The summed E-state index contributed by atoms with van der Waals surface area (Å²) in [6.07, 6.45) is 2.48. The highest BCUT2D eigenvalue weighted by atomic mass is 32.1.